The minimum Gasteiger partial charge on any atom is -0.464 e. The van der Waals surface area contributed by atoms with Crippen molar-refractivity contribution in [2.24, 2.45) is 5.73 Å². The molecule has 4 heteroatoms. The second-order valence-electron chi connectivity index (χ2n) is 4.71. The van der Waals surface area contributed by atoms with Gasteiger partial charge in [-0.1, -0.05) is 18.2 Å². The molecule has 0 saturated carbocycles. The largest absolute Gasteiger partial charge is 0.464 e. The maximum absolute atomic E-state index is 11.9. The first-order valence-corrected chi connectivity index (χ1v) is 6.18. The van der Waals surface area contributed by atoms with Gasteiger partial charge >= 0.3 is 0 Å². The van der Waals surface area contributed by atoms with Gasteiger partial charge in [-0.3, -0.25) is 4.79 Å². The summed E-state index contributed by atoms with van der Waals surface area (Å²) in [7, 11) is 0. The first-order valence-electron chi connectivity index (χ1n) is 6.18. The van der Waals surface area contributed by atoms with E-state index in [1.54, 1.807) is 6.26 Å². The zero-order valence-electron chi connectivity index (χ0n) is 10.5. The molecule has 1 aromatic heterocycles. The molecule has 0 radical (unpaired) electrons. The van der Waals surface area contributed by atoms with Crippen molar-refractivity contribution in [2.45, 2.75) is 25.3 Å². The van der Waals surface area contributed by atoms with E-state index in [1.165, 1.54) is 5.56 Å². The lowest BCUT2D eigenvalue weighted by molar-refractivity contribution is -0.119. The number of Topliss-reactive ketones (excluding diaryl/α,β-unsaturated/α-hetero) is 1. The Labute approximate surface area is 118 Å². The summed E-state index contributed by atoms with van der Waals surface area (Å²) in [5.41, 5.74) is 9.15. The van der Waals surface area contributed by atoms with Crippen molar-refractivity contribution in [3.8, 4) is 11.3 Å². The SMILES string of the molecule is Cl.NC1CCc2cccc(-c3ccco3)c2CC1=O. The van der Waals surface area contributed by atoms with Gasteiger partial charge in [0.25, 0.3) is 0 Å². The molecule has 1 aromatic carbocycles. The van der Waals surface area contributed by atoms with Crippen LogP contribution >= 0.6 is 12.4 Å². The number of halogens is 1. The van der Waals surface area contributed by atoms with Crippen molar-refractivity contribution in [2.75, 3.05) is 0 Å². The highest BCUT2D eigenvalue weighted by Crippen LogP contribution is 2.30. The highest BCUT2D eigenvalue weighted by atomic mass is 35.5. The quantitative estimate of drug-likeness (QED) is 0.816. The number of aryl methyl sites for hydroxylation is 1. The number of ketones is 1. The third-order valence-corrected chi connectivity index (χ3v) is 3.55. The maximum atomic E-state index is 11.9. The van der Waals surface area contributed by atoms with Crippen molar-refractivity contribution in [3.05, 3.63) is 47.7 Å². The Balaban J connectivity index is 0.00000133. The molecule has 0 spiro atoms. The molecule has 1 aliphatic carbocycles. The molecule has 2 N–H and O–H groups in total. The van der Waals surface area contributed by atoms with E-state index in [-0.39, 0.29) is 24.2 Å². The Kier molecular flexibility index (Phi) is 4.08. The number of carbonyl (C=O) groups is 1. The minimum absolute atomic E-state index is 0. The number of rotatable bonds is 1. The van der Waals surface area contributed by atoms with Crippen LogP contribution in [0, 0.1) is 0 Å². The average molecular weight is 278 g/mol. The lowest BCUT2D eigenvalue weighted by atomic mass is 9.95. The third kappa shape index (κ3) is 2.57. The van der Waals surface area contributed by atoms with Crippen LogP contribution < -0.4 is 5.73 Å². The average Bonchev–Trinajstić information content (AvgIpc) is 2.86. The van der Waals surface area contributed by atoms with Gasteiger partial charge < -0.3 is 10.2 Å². The highest BCUT2D eigenvalue weighted by molar-refractivity contribution is 5.88. The fraction of sp³-hybridized carbons (Fsp3) is 0.267. The van der Waals surface area contributed by atoms with Gasteiger partial charge in [-0.15, -0.1) is 12.4 Å². The van der Waals surface area contributed by atoms with Crippen LogP contribution in [-0.4, -0.2) is 11.8 Å². The Morgan fingerprint density at radius 2 is 2.05 bits per heavy atom. The Bertz CT molecular complexity index is 578. The van der Waals surface area contributed by atoms with Gasteiger partial charge in [0, 0.05) is 12.0 Å². The van der Waals surface area contributed by atoms with E-state index in [0.717, 1.165) is 29.7 Å². The van der Waals surface area contributed by atoms with E-state index in [1.807, 2.05) is 24.3 Å². The van der Waals surface area contributed by atoms with E-state index in [0.29, 0.717) is 6.42 Å². The molecule has 1 heterocycles. The van der Waals surface area contributed by atoms with Gasteiger partial charge in [0.2, 0.25) is 0 Å². The number of hydrogen-bond acceptors (Lipinski definition) is 3. The fourth-order valence-electron chi connectivity index (χ4n) is 2.52. The molecule has 1 atom stereocenters. The number of fused-ring (bicyclic) bond motifs is 1. The first-order chi connectivity index (χ1) is 8.75. The molecule has 1 aliphatic rings. The summed E-state index contributed by atoms with van der Waals surface area (Å²) in [4.78, 5) is 11.9. The molecule has 2 aromatic rings. The Hall–Kier alpha value is -1.58. The molecule has 0 aliphatic heterocycles. The van der Waals surface area contributed by atoms with Crippen LogP contribution in [0.3, 0.4) is 0 Å². The molecule has 3 nitrogen and oxygen atoms in total. The summed E-state index contributed by atoms with van der Waals surface area (Å²) in [6.45, 7) is 0. The Morgan fingerprint density at radius 1 is 1.21 bits per heavy atom. The van der Waals surface area contributed by atoms with Crippen LogP contribution in [0.25, 0.3) is 11.3 Å². The summed E-state index contributed by atoms with van der Waals surface area (Å²) >= 11 is 0. The predicted octanol–water partition coefficient (Wildman–Crippen LogP) is 2.75. The fourth-order valence-corrected chi connectivity index (χ4v) is 2.52. The van der Waals surface area contributed by atoms with Gasteiger partial charge in [0.15, 0.2) is 5.78 Å². The van der Waals surface area contributed by atoms with E-state index in [4.69, 9.17) is 10.2 Å². The molecule has 0 saturated heterocycles. The van der Waals surface area contributed by atoms with E-state index >= 15 is 0 Å². The molecule has 1 unspecified atom stereocenters. The van der Waals surface area contributed by atoms with E-state index in [9.17, 15) is 4.79 Å². The smallest absolute Gasteiger partial charge is 0.153 e. The van der Waals surface area contributed by atoms with Gasteiger partial charge in [0.05, 0.1) is 12.3 Å². The lowest BCUT2D eigenvalue weighted by Crippen LogP contribution is -2.30. The van der Waals surface area contributed by atoms with E-state index < -0.39 is 0 Å². The van der Waals surface area contributed by atoms with Crippen LogP contribution in [0.15, 0.2) is 41.0 Å². The van der Waals surface area contributed by atoms with Crippen LogP contribution in [0.4, 0.5) is 0 Å². The summed E-state index contributed by atoms with van der Waals surface area (Å²) in [6.07, 6.45) is 3.65. The number of hydrogen-bond donors (Lipinski definition) is 1. The number of carbonyl (C=O) groups excluding carboxylic acids is 1. The zero-order chi connectivity index (χ0) is 12.5. The predicted molar refractivity (Wildman–Crippen MR) is 76.4 cm³/mol. The van der Waals surface area contributed by atoms with Crippen LogP contribution in [0.2, 0.25) is 0 Å². The maximum Gasteiger partial charge on any atom is 0.153 e. The van der Waals surface area contributed by atoms with Gasteiger partial charge in [-0.2, -0.15) is 0 Å². The van der Waals surface area contributed by atoms with Crippen LogP contribution in [0.5, 0.6) is 0 Å². The first kappa shape index (κ1) is 13.8. The van der Waals surface area contributed by atoms with Gasteiger partial charge in [0.1, 0.15) is 5.76 Å². The molecule has 0 fully saturated rings. The summed E-state index contributed by atoms with van der Waals surface area (Å²) in [5, 5.41) is 0. The molecule has 3 rings (SSSR count). The number of benzene rings is 1. The van der Waals surface area contributed by atoms with Crippen molar-refractivity contribution < 1.29 is 9.21 Å². The molecule has 19 heavy (non-hydrogen) atoms. The lowest BCUT2D eigenvalue weighted by Gasteiger charge is -2.09. The number of furan rings is 1. The van der Waals surface area contributed by atoms with Crippen molar-refractivity contribution in [3.63, 3.8) is 0 Å². The summed E-state index contributed by atoms with van der Waals surface area (Å²) in [6, 6.07) is 9.54. The topological polar surface area (TPSA) is 56.2 Å². The highest BCUT2D eigenvalue weighted by Gasteiger charge is 2.23. The van der Waals surface area contributed by atoms with Gasteiger partial charge in [-0.25, -0.2) is 0 Å². The molecular formula is C15H16ClNO2. The molecular weight excluding hydrogens is 262 g/mol. The standard InChI is InChI=1S/C15H15NO2.ClH/c16-13-7-6-10-3-1-4-11(12(10)9-14(13)17)15-5-2-8-18-15;/h1-5,8,13H,6-7,9,16H2;1H. The van der Waals surface area contributed by atoms with Crippen molar-refractivity contribution >= 4 is 18.2 Å². The zero-order valence-corrected chi connectivity index (χ0v) is 11.3. The van der Waals surface area contributed by atoms with Crippen LogP contribution in [-0.2, 0) is 17.6 Å². The van der Waals surface area contributed by atoms with Gasteiger partial charge in [-0.05, 0) is 36.1 Å². The normalized spacial score (nSPS) is 18.4. The summed E-state index contributed by atoms with van der Waals surface area (Å²) in [5.74, 6) is 0.933. The second-order valence-corrected chi connectivity index (χ2v) is 4.71. The Morgan fingerprint density at radius 3 is 2.79 bits per heavy atom. The molecule has 0 amide bonds. The molecule has 100 valence electrons. The number of nitrogens with two attached hydrogens (primary N) is 1. The second kappa shape index (κ2) is 5.59. The van der Waals surface area contributed by atoms with E-state index in [2.05, 4.69) is 6.07 Å². The summed E-state index contributed by atoms with van der Waals surface area (Å²) < 4.78 is 5.45. The molecule has 0 bridgehead atoms. The minimum atomic E-state index is -0.332. The third-order valence-electron chi connectivity index (χ3n) is 3.55. The monoisotopic (exact) mass is 277 g/mol. The van der Waals surface area contributed by atoms with Crippen LogP contribution in [0.1, 0.15) is 17.5 Å². The van der Waals surface area contributed by atoms with Crippen molar-refractivity contribution in [1.29, 1.82) is 0 Å². The van der Waals surface area contributed by atoms with Crippen molar-refractivity contribution in [1.82, 2.24) is 0 Å².